The van der Waals surface area contributed by atoms with Gasteiger partial charge < -0.3 is 9.26 Å². The van der Waals surface area contributed by atoms with Gasteiger partial charge in [0.1, 0.15) is 17.5 Å². The second-order valence-electron chi connectivity index (χ2n) is 7.28. The summed E-state index contributed by atoms with van der Waals surface area (Å²) >= 11 is 0. The van der Waals surface area contributed by atoms with Gasteiger partial charge in [-0.3, -0.25) is 0 Å². The molecule has 5 nitrogen and oxygen atoms in total. The molecule has 0 saturated heterocycles. The molecule has 136 valence electrons. The van der Waals surface area contributed by atoms with Crippen molar-refractivity contribution in [3.05, 3.63) is 54.1 Å². The van der Waals surface area contributed by atoms with Crippen molar-refractivity contribution >= 4 is 5.69 Å². The Bertz CT molecular complexity index is 985. The van der Waals surface area contributed by atoms with Crippen LogP contribution in [0.15, 0.2) is 63.3 Å². The molecule has 0 N–H and O–H groups in total. The molecule has 0 spiro atoms. The van der Waals surface area contributed by atoms with E-state index in [9.17, 15) is 0 Å². The van der Waals surface area contributed by atoms with Crippen molar-refractivity contribution in [1.82, 2.24) is 5.16 Å². The van der Waals surface area contributed by atoms with Crippen LogP contribution in [-0.2, 0) is 0 Å². The summed E-state index contributed by atoms with van der Waals surface area (Å²) in [4.78, 5) is 0. The zero-order chi connectivity index (χ0) is 18.2. The first-order valence-corrected chi connectivity index (χ1v) is 9.48. The molecule has 0 radical (unpaired) electrons. The van der Waals surface area contributed by atoms with E-state index in [-0.39, 0.29) is 6.04 Å². The molecule has 2 heterocycles. The zero-order valence-electron chi connectivity index (χ0n) is 15.3. The van der Waals surface area contributed by atoms with Crippen LogP contribution < -0.4 is 4.74 Å². The maximum atomic E-state index is 5.56. The lowest BCUT2D eigenvalue weighted by molar-refractivity contribution is 0.414. The minimum atomic E-state index is 0.240. The number of ether oxygens (including phenoxy) is 1. The Morgan fingerprint density at radius 3 is 2.52 bits per heavy atom. The number of methoxy groups -OCH3 is 1. The van der Waals surface area contributed by atoms with Crippen molar-refractivity contribution in [3.63, 3.8) is 0 Å². The highest BCUT2D eigenvalue weighted by molar-refractivity contribution is 5.70. The Morgan fingerprint density at radius 1 is 0.963 bits per heavy atom. The SMILES string of the molecule is COc1ccc(-c2cc(-c3ccc4c(c3)N=NC4C3CCCC3)no2)cc1. The highest BCUT2D eigenvalue weighted by Crippen LogP contribution is 2.46. The molecule has 1 aromatic heterocycles. The van der Waals surface area contributed by atoms with Gasteiger partial charge in [0.15, 0.2) is 5.76 Å². The third kappa shape index (κ3) is 2.93. The molecule has 5 heteroatoms. The molecule has 1 aliphatic heterocycles. The largest absolute Gasteiger partial charge is 0.497 e. The van der Waals surface area contributed by atoms with E-state index in [0.29, 0.717) is 5.92 Å². The molecule has 27 heavy (non-hydrogen) atoms. The van der Waals surface area contributed by atoms with Crippen LogP contribution in [-0.4, -0.2) is 12.3 Å². The monoisotopic (exact) mass is 359 g/mol. The maximum Gasteiger partial charge on any atom is 0.167 e. The molecule has 2 aliphatic rings. The number of azo groups is 1. The van der Waals surface area contributed by atoms with Crippen molar-refractivity contribution in [3.8, 4) is 28.3 Å². The quantitative estimate of drug-likeness (QED) is 0.545. The van der Waals surface area contributed by atoms with E-state index in [1.807, 2.05) is 30.3 Å². The molecule has 1 atom stereocenters. The first kappa shape index (κ1) is 16.2. The molecular formula is C22H21N3O2. The van der Waals surface area contributed by atoms with Gasteiger partial charge in [-0.15, -0.1) is 0 Å². The summed E-state index contributed by atoms with van der Waals surface area (Å²) in [7, 11) is 1.66. The van der Waals surface area contributed by atoms with Gasteiger partial charge >= 0.3 is 0 Å². The first-order valence-electron chi connectivity index (χ1n) is 9.48. The molecule has 5 rings (SSSR count). The second-order valence-corrected chi connectivity index (χ2v) is 7.28. The third-order valence-electron chi connectivity index (χ3n) is 5.67. The van der Waals surface area contributed by atoms with Gasteiger partial charge in [0.05, 0.1) is 12.8 Å². The van der Waals surface area contributed by atoms with Crippen LogP contribution in [0.3, 0.4) is 0 Å². The number of nitrogens with zero attached hydrogens (tertiary/aromatic N) is 3. The number of hydrogen-bond acceptors (Lipinski definition) is 5. The summed E-state index contributed by atoms with van der Waals surface area (Å²) in [6, 6.07) is 16.3. The lowest BCUT2D eigenvalue weighted by atomic mass is 9.91. The van der Waals surface area contributed by atoms with E-state index in [2.05, 4.69) is 33.6 Å². The smallest absolute Gasteiger partial charge is 0.167 e. The summed E-state index contributed by atoms with van der Waals surface area (Å²) in [5.41, 5.74) is 5.01. The predicted molar refractivity (Wildman–Crippen MR) is 103 cm³/mol. The highest BCUT2D eigenvalue weighted by atomic mass is 16.5. The lowest BCUT2D eigenvalue weighted by Gasteiger charge is -2.15. The molecule has 3 aromatic rings. The van der Waals surface area contributed by atoms with E-state index in [1.54, 1.807) is 7.11 Å². The van der Waals surface area contributed by atoms with E-state index >= 15 is 0 Å². The summed E-state index contributed by atoms with van der Waals surface area (Å²) in [6.45, 7) is 0. The fourth-order valence-corrected chi connectivity index (χ4v) is 4.15. The minimum Gasteiger partial charge on any atom is -0.497 e. The third-order valence-corrected chi connectivity index (χ3v) is 5.67. The van der Waals surface area contributed by atoms with Crippen molar-refractivity contribution < 1.29 is 9.26 Å². The minimum absolute atomic E-state index is 0.240. The average Bonchev–Trinajstić information content (AvgIpc) is 3.47. The summed E-state index contributed by atoms with van der Waals surface area (Å²) in [5, 5.41) is 13.3. The van der Waals surface area contributed by atoms with Gasteiger partial charge in [-0.2, -0.15) is 10.2 Å². The maximum absolute atomic E-state index is 5.56. The highest BCUT2D eigenvalue weighted by Gasteiger charge is 2.31. The zero-order valence-corrected chi connectivity index (χ0v) is 15.3. The summed E-state index contributed by atoms with van der Waals surface area (Å²) in [5.74, 6) is 2.20. The van der Waals surface area contributed by atoms with Crippen LogP contribution in [0.5, 0.6) is 5.75 Å². The van der Waals surface area contributed by atoms with Crippen molar-refractivity contribution in [2.24, 2.45) is 16.1 Å². The van der Waals surface area contributed by atoms with Crippen molar-refractivity contribution in [2.45, 2.75) is 31.7 Å². The molecule has 0 amide bonds. The van der Waals surface area contributed by atoms with Gasteiger partial charge in [-0.05, 0) is 49.1 Å². The average molecular weight is 359 g/mol. The molecule has 1 unspecified atom stereocenters. The van der Waals surface area contributed by atoms with Gasteiger partial charge in [0.25, 0.3) is 0 Å². The topological polar surface area (TPSA) is 60.0 Å². The first-order chi connectivity index (χ1) is 13.3. The van der Waals surface area contributed by atoms with E-state index in [1.165, 1.54) is 31.2 Å². The molecule has 2 aromatic carbocycles. The van der Waals surface area contributed by atoms with E-state index in [4.69, 9.17) is 9.26 Å². The fourth-order valence-electron chi connectivity index (χ4n) is 4.15. The van der Waals surface area contributed by atoms with Crippen LogP contribution in [0.25, 0.3) is 22.6 Å². The second kappa shape index (κ2) is 6.65. The molecule has 1 saturated carbocycles. The van der Waals surface area contributed by atoms with E-state index in [0.717, 1.165) is 34.0 Å². The van der Waals surface area contributed by atoms with Crippen molar-refractivity contribution in [2.75, 3.05) is 7.11 Å². The number of hydrogen-bond donors (Lipinski definition) is 0. The Hall–Kier alpha value is -2.95. The fraction of sp³-hybridized carbons (Fsp3) is 0.318. The Morgan fingerprint density at radius 2 is 1.74 bits per heavy atom. The molecule has 1 fully saturated rings. The van der Waals surface area contributed by atoms with Crippen LogP contribution in [0.2, 0.25) is 0 Å². The number of rotatable bonds is 4. The Labute approximate surface area is 158 Å². The Balaban J connectivity index is 1.41. The van der Waals surface area contributed by atoms with Crippen LogP contribution in [0.1, 0.15) is 37.3 Å². The molecule has 1 aliphatic carbocycles. The normalized spacial score (nSPS) is 18.8. The van der Waals surface area contributed by atoms with Gasteiger partial charge in [-0.1, -0.05) is 30.1 Å². The molecular weight excluding hydrogens is 338 g/mol. The predicted octanol–water partition coefficient (Wildman–Crippen LogP) is 6.35. The van der Waals surface area contributed by atoms with E-state index < -0.39 is 0 Å². The number of benzene rings is 2. The summed E-state index contributed by atoms with van der Waals surface area (Å²) < 4.78 is 10.8. The lowest BCUT2D eigenvalue weighted by Crippen LogP contribution is -2.04. The number of fused-ring (bicyclic) bond motifs is 1. The van der Waals surface area contributed by atoms with Crippen LogP contribution in [0, 0.1) is 5.92 Å². The molecule has 0 bridgehead atoms. The van der Waals surface area contributed by atoms with Crippen molar-refractivity contribution in [1.29, 1.82) is 0 Å². The standard InChI is InChI=1S/C22H21N3O2/c1-26-17-9-6-14(7-10-17)21-13-19(25-27-21)16-8-11-18-20(12-16)23-24-22(18)15-4-2-3-5-15/h6-13,15,22H,2-5H2,1H3. The summed E-state index contributed by atoms with van der Waals surface area (Å²) in [6.07, 6.45) is 5.16. The Kier molecular flexibility index (Phi) is 4.00. The van der Waals surface area contributed by atoms with Gasteiger partial charge in [0.2, 0.25) is 0 Å². The van der Waals surface area contributed by atoms with Gasteiger partial charge in [0, 0.05) is 22.8 Å². The van der Waals surface area contributed by atoms with Gasteiger partial charge in [-0.25, -0.2) is 0 Å². The van der Waals surface area contributed by atoms with Crippen LogP contribution >= 0.6 is 0 Å². The number of aromatic nitrogens is 1. The van der Waals surface area contributed by atoms with Crippen LogP contribution in [0.4, 0.5) is 5.69 Å².